The van der Waals surface area contributed by atoms with Crippen LogP contribution in [0, 0.1) is 0 Å². The third kappa shape index (κ3) is 4.59. The van der Waals surface area contributed by atoms with E-state index >= 15 is 0 Å². The molecule has 0 bridgehead atoms. The molecule has 1 amide bonds. The normalized spacial score (nSPS) is 12.3. The minimum absolute atomic E-state index is 0.0920. The second-order valence-corrected chi connectivity index (χ2v) is 7.97. The highest BCUT2D eigenvalue weighted by Gasteiger charge is 2.23. The maximum Gasteiger partial charge on any atom is 0.291 e. The van der Waals surface area contributed by atoms with Gasteiger partial charge in [-0.25, -0.2) is 9.97 Å². The number of amides is 1. The van der Waals surface area contributed by atoms with Gasteiger partial charge in [0.25, 0.3) is 5.76 Å². The van der Waals surface area contributed by atoms with E-state index in [0.717, 1.165) is 5.56 Å². The van der Waals surface area contributed by atoms with Crippen LogP contribution in [0.2, 0.25) is 0 Å². The van der Waals surface area contributed by atoms with Crippen LogP contribution in [0.1, 0.15) is 17.4 Å². The van der Waals surface area contributed by atoms with Crippen molar-refractivity contribution in [3.8, 4) is 5.75 Å². The smallest absolute Gasteiger partial charge is 0.291 e. The molecule has 0 spiro atoms. The maximum absolute atomic E-state index is 13.1. The summed E-state index contributed by atoms with van der Waals surface area (Å²) in [6.07, 6.45) is 3.44. The van der Waals surface area contributed by atoms with Gasteiger partial charge in [-0.2, -0.15) is 8.78 Å². The molecule has 2 aromatic carbocycles. The Morgan fingerprint density at radius 3 is 2.59 bits per heavy atom. The Balaban J connectivity index is 1.64. The SMILES string of the molecule is COc1ccc([C@H](NC(=O)Cn2c(SC(F)F)nc3ccccc32)c2nccn2C)cc1. The molecule has 2 aromatic heterocycles. The van der Waals surface area contributed by atoms with Crippen LogP contribution in [0.5, 0.6) is 5.75 Å². The van der Waals surface area contributed by atoms with Crippen LogP contribution in [-0.2, 0) is 18.4 Å². The van der Waals surface area contributed by atoms with Gasteiger partial charge in [0.1, 0.15) is 24.2 Å². The molecule has 4 aromatic rings. The van der Waals surface area contributed by atoms with Crippen molar-refractivity contribution in [2.24, 2.45) is 7.05 Å². The van der Waals surface area contributed by atoms with Crippen molar-refractivity contribution in [3.05, 3.63) is 72.3 Å². The van der Waals surface area contributed by atoms with Crippen molar-refractivity contribution in [1.82, 2.24) is 24.4 Å². The van der Waals surface area contributed by atoms with Crippen LogP contribution < -0.4 is 10.1 Å². The van der Waals surface area contributed by atoms with E-state index in [4.69, 9.17) is 4.74 Å². The number of halogens is 2. The molecule has 0 aliphatic heterocycles. The van der Waals surface area contributed by atoms with Crippen molar-refractivity contribution in [2.75, 3.05) is 7.11 Å². The minimum Gasteiger partial charge on any atom is -0.497 e. The Hall–Kier alpha value is -3.40. The van der Waals surface area contributed by atoms with Crippen molar-refractivity contribution in [3.63, 3.8) is 0 Å². The van der Waals surface area contributed by atoms with E-state index in [-0.39, 0.29) is 17.6 Å². The molecule has 0 saturated heterocycles. The highest BCUT2D eigenvalue weighted by atomic mass is 32.2. The van der Waals surface area contributed by atoms with Gasteiger partial charge in [0, 0.05) is 19.4 Å². The molecule has 7 nitrogen and oxygen atoms in total. The van der Waals surface area contributed by atoms with Gasteiger partial charge >= 0.3 is 0 Å². The van der Waals surface area contributed by atoms with Gasteiger partial charge in [-0.1, -0.05) is 24.3 Å². The van der Waals surface area contributed by atoms with Crippen molar-refractivity contribution in [2.45, 2.75) is 23.5 Å². The van der Waals surface area contributed by atoms with E-state index in [1.54, 1.807) is 55.9 Å². The van der Waals surface area contributed by atoms with Gasteiger partial charge in [-0.15, -0.1) is 0 Å². The lowest BCUT2D eigenvalue weighted by Crippen LogP contribution is -2.33. The number of rotatable bonds is 8. The lowest BCUT2D eigenvalue weighted by Gasteiger charge is -2.20. The standard InChI is InChI=1S/C22H21F2N5O2S/c1-28-12-11-25-20(28)19(14-7-9-15(31-2)10-8-14)27-18(30)13-29-17-6-4-3-5-16(17)26-22(29)32-21(23)24/h3-12,19,21H,13H2,1-2H3,(H,27,30)/t19-/m0/s1. The van der Waals surface area contributed by atoms with Crippen LogP contribution in [0.15, 0.2) is 66.1 Å². The lowest BCUT2D eigenvalue weighted by molar-refractivity contribution is -0.122. The first-order chi connectivity index (χ1) is 15.5. The second-order valence-electron chi connectivity index (χ2n) is 7.02. The number of para-hydroxylation sites is 2. The minimum atomic E-state index is -2.65. The molecular formula is C22H21F2N5O2S. The van der Waals surface area contributed by atoms with Crippen LogP contribution in [0.4, 0.5) is 8.78 Å². The molecule has 10 heteroatoms. The Bertz CT molecular complexity index is 1220. The van der Waals surface area contributed by atoms with Crippen LogP contribution >= 0.6 is 11.8 Å². The third-order valence-corrected chi connectivity index (χ3v) is 5.69. The van der Waals surface area contributed by atoms with Crippen LogP contribution in [-0.4, -0.2) is 37.9 Å². The Morgan fingerprint density at radius 1 is 1.19 bits per heavy atom. The molecule has 0 unspecified atom stereocenters. The summed E-state index contributed by atoms with van der Waals surface area (Å²) >= 11 is 0.321. The van der Waals surface area contributed by atoms with E-state index in [2.05, 4.69) is 15.3 Å². The Kier molecular flexibility index (Phi) is 6.40. The number of carbonyl (C=O) groups excluding carboxylic acids is 1. The Labute approximate surface area is 187 Å². The number of hydrogen-bond donors (Lipinski definition) is 1. The largest absolute Gasteiger partial charge is 0.497 e. The number of imidazole rings is 2. The van der Waals surface area contributed by atoms with E-state index in [0.29, 0.717) is 34.4 Å². The van der Waals surface area contributed by atoms with Crippen LogP contribution in [0.25, 0.3) is 11.0 Å². The van der Waals surface area contributed by atoms with Gasteiger partial charge in [0.15, 0.2) is 5.16 Å². The molecular weight excluding hydrogens is 436 g/mol. The average molecular weight is 458 g/mol. The molecule has 1 atom stereocenters. The number of hydrogen-bond acceptors (Lipinski definition) is 5. The highest BCUT2D eigenvalue weighted by Crippen LogP contribution is 2.29. The number of aromatic nitrogens is 4. The zero-order valence-electron chi connectivity index (χ0n) is 17.4. The topological polar surface area (TPSA) is 74.0 Å². The summed E-state index contributed by atoms with van der Waals surface area (Å²) < 4.78 is 34.7. The fourth-order valence-electron chi connectivity index (χ4n) is 3.47. The first-order valence-electron chi connectivity index (χ1n) is 9.77. The number of fused-ring (bicyclic) bond motifs is 1. The predicted molar refractivity (Wildman–Crippen MR) is 118 cm³/mol. The summed E-state index contributed by atoms with van der Waals surface area (Å²) in [7, 11) is 3.42. The zero-order chi connectivity index (χ0) is 22.7. The first kappa shape index (κ1) is 21.8. The molecule has 0 aliphatic rings. The van der Waals surface area contributed by atoms with Gasteiger partial charge in [0.2, 0.25) is 5.91 Å². The third-order valence-electron chi connectivity index (χ3n) is 4.99. The molecule has 0 fully saturated rings. The number of alkyl halides is 2. The number of thioether (sulfide) groups is 1. The molecule has 166 valence electrons. The first-order valence-corrected chi connectivity index (χ1v) is 10.6. The summed E-state index contributed by atoms with van der Waals surface area (Å²) in [6.45, 7) is -0.160. The van der Waals surface area contributed by atoms with Crippen molar-refractivity contribution >= 4 is 28.7 Å². The number of carbonyl (C=O) groups is 1. The summed E-state index contributed by atoms with van der Waals surface area (Å²) in [6, 6.07) is 13.8. The summed E-state index contributed by atoms with van der Waals surface area (Å²) in [5, 5.41) is 3.08. The highest BCUT2D eigenvalue weighted by molar-refractivity contribution is 7.99. The molecule has 0 aliphatic carbocycles. The van der Waals surface area contributed by atoms with Crippen molar-refractivity contribution < 1.29 is 18.3 Å². The predicted octanol–water partition coefficient (Wildman–Crippen LogP) is 4.00. The summed E-state index contributed by atoms with van der Waals surface area (Å²) in [5.74, 6) is -1.67. The van der Waals surface area contributed by atoms with Gasteiger partial charge in [-0.3, -0.25) is 4.79 Å². The number of aryl methyl sites for hydroxylation is 1. The number of benzene rings is 2. The fourth-order valence-corrected chi connectivity index (χ4v) is 4.08. The van der Waals surface area contributed by atoms with E-state index < -0.39 is 11.8 Å². The summed E-state index contributed by atoms with van der Waals surface area (Å²) in [4.78, 5) is 21.7. The molecule has 32 heavy (non-hydrogen) atoms. The van der Waals surface area contributed by atoms with Gasteiger partial charge in [0.05, 0.1) is 18.1 Å². The monoisotopic (exact) mass is 457 g/mol. The van der Waals surface area contributed by atoms with Crippen molar-refractivity contribution in [1.29, 1.82) is 0 Å². The van der Waals surface area contributed by atoms with E-state index in [1.807, 2.05) is 23.7 Å². The molecule has 1 N–H and O–H groups in total. The van der Waals surface area contributed by atoms with Crippen LogP contribution in [0.3, 0.4) is 0 Å². The number of ether oxygens (including phenoxy) is 1. The van der Waals surface area contributed by atoms with E-state index in [9.17, 15) is 13.6 Å². The number of nitrogens with zero attached hydrogens (tertiary/aromatic N) is 4. The fraction of sp³-hybridized carbons (Fsp3) is 0.227. The molecule has 4 rings (SSSR count). The number of nitrogens with one attached hydrogen (secondary N) is 1. The molecule has 0 saturated carbocycles. The molecule has 0 radical (unpaired) electrons. The maximum atomic E-state index is 13.1. The average Bonchev–Trinajstić information content (AvgIpc) is 3.35. The lowest BCUT2D eigenvalue weighted by atomic mass is 10.1. The number of methoxy groups -OCH3 is 1. The quantitative estimate of drug-likeness (QED) is 0.405. The zero-order valence-corrected chi connectivity index (χ0v) is 18.2. The molecule has 2 heterocycles. The second kappa shape index (κ2) is 9.39. The van der Waals surface area contributed by atoms with Gasteiger partial charge in [-0.05, 0) is 41.6 Å². The summed E-state index contributed by atoms with van der Waals surface area (Å²) in [5.41, 5.74) is 1.98. The van der Waals surface area contributed by atoms with E-state index in [1.165, 1.54) is 4.57 Å². The Morgan fingerprint density at radius 2 is 1.94 bits per heavy atom. The van der Waals surface area contributed by atoms with Gasteiger partial charge < -0.3 is 19.2 Å².